The van der Waals surface area contributed by atoms with Crippen LogP contribution in [0, 0.1) is 0 Å². The number of hydrogen-bond acceptors (Lipinski definition) is 6. The summed E-state index contributed by atoms with van der Waals surface area (Å²) in [4.78, 5) is 4.27. The molecule has 0 saturated heterocycles. The fourth-order valence-electron chi connectivity index (χ4n) is 3.48. The lowest BCUT2D eigenvalue weighted by atomic mass is 10.0. The molecule has 0 unspecified atom stereocenters. The molecular weight excluding hydrogens is 389 g/mol. The fourth-order valence-corrected chi connectivity index (χ4v) is 3.48. The number of aryl methyl sites for hydroxylation is 1. The molecule has 11 heteroatoms. The zero-order chi connectivity index (χ0) is 20.3. The van der Waals surface area contributed by atoms with Gasteiger partial charge >= 0.3 is 12.1 Å². The minimum atomic E-state index is -4.72. The molecule has 0 atom stereocenters. The smallest absolute Gasteiger partial charge is 0.470 e. The second-order valence-corrected chi connectivity index (χ2v) is 6.56. The molecule has 0 bridgehead atoms. The summed E-state index contributed by atoms with van der Waals surface area (Å²) in [7, 11) is 3.38. The number of fused-ring (bicyclic) bond motifs is 5. The van der Waals surface area contributed by atoms with Crippen LogP contribution in [-0.4, -0.2) is 36.6 Å². The van der Waals surface area contributed by atoms with Crippen molar-refractivity contribution >= 4 is 0 Å². The Bertz CT molecular complexity index is 1240. The highest BCUT2D eigenvalue weighted by Gasteiger charge is 2.39. The number of halogens is 3. The van der Waals surface area contributed by atoms with Gasteiger partial charge in [-0.2, -0.15) is 18.3 Å². The van der Waals surface area contributed by atoms with Gasteiger partial charge in [-0.05, 0) is 18.2 Å². The summed E-state index contributed by atoms with van der Waals surface area (Å²) in [5, 5.41) is 11.2. The lowest BCUT2D eigenvalue weighted by Crippen LogP contribution is -2.04. The molecule has 4 heterocycles. The predicted molar refractivity (Wildman–Crippen MR) is 93.4 cm³/mol. The number of alkyl halides is 3. The average molecular weight is 402 g/mol. The van der Waals surface area contributed by atoms with Crippen LogP contribution in [0.5, 0.6) is 5.75 Å². The second kappa shape index (κ2) is 5.93. The number of ether oxygens (including phenoxy) is 1. The SMILES string of the molecule is COc1ccc2c(c1)-c1nn(C)cc1Cc1c(-c3nnc(C(F)(F)F)o3)ncn1-2. The zero-order valence-corrected chi connectivity index (χ0v) is 15.2. The molecule has 1 aliphatic heterocycles. The Morgan fingerprint density at radius 1 is 1.17 bits per heavy atom. The van der Waals surface area contributed by atoms with Gasteiger partial charge in [0.15, 0.2) is 0 Å². The predicted octanol–water partition coefficient (Wildman–Crippen LogP) is 3.25. The molecular formula is C18H13F3N6O2. The summed E-state index contributed by atoms with van der Waals surface area (Å²) in [5.41, 5.74) is 4.07. The summed E-state index contributed by atoms with van der Waals surface area (Å²) >= 11 is 0. The number of imidazole rings is 1. The van der Waals surface area contributed by atoms with Crippen LogP contribution < -0.4 is 4.74 Å². The maximum atomic E-state index is 12.9. The van der Waals surface area contributed by atoms with Crippen molar-refractivity contribution in [1.82, 2.24) is 29.5 Å². The maximum Gasteiger partial charge on any atom is 0.470 e. The second-order valence-electron chi connectivity index (χ2n) is 6.56. The molecule has 4 aromatic rings. The van der Waals surface area contributed by atoms with Gasteiger partial charge in [-0.25, -0.2) is 4.98 Å². The van der Waals surface area contributed by atoms with Crippen LogP contribution >= 0.6 is 0 Å². The van der Waals surface area contributed by atoms with Crippen molar-refractivity contribution in [2.75, 3.05) is 7.11 Å². The highest BCUT2D eigenvalue weighted by atomic mass is 19.4. The maximum absolute atomic E-state index is 12.9. The summed E-state index contributed by atoms with van der Waals surface area (Å²) in [5.74, 6) is -1.03. The summed E-state index contributed by atoms with van der Waals surface area (Å²) in [6.07, 6.45) is -0.958. The van der Waals surface area contributed by atoms with E-state index in [-0.39, 0.29) is 11.6 Å². The number of aromatic nitrogens is 6. The van der Waals surface area contributed by atoms with Crippen molar-refractivity contribution in [3.05, 3.63) is 47.9 Å². The molecule has 8 nitrogen and oxygen atoms in total. The molecule has 0 fully saturated rings. The van der Waals surface area contributed by atoms with E-state index in [2.05, 4.69) is 20.3 Å². The molecule has 1 aliphatic rings. The number of nitrogens with zero attached hydrogens (tertiary/aromatic N) is 6. The van der Waals surface area contributed by atoms with E-state index < -0.39 is 12.1 Å². The number of methoxy groups -OCH3 is 1. The van der Waals surface area contributed by atoms with Crippen molar-refractivity contribution in [1.29, 1.82) is 0 Å². The van der Waals surface area contributed by atoms with E-state index in [1.807, 2.05) is 18.3 Å². The summed E-state index contributed by atoms with van der Waals surface area (Å²) < 4.78 is 52.3. The van der Waals surface area contributed by atoms with Crippen LogP contribution in [0.3, 0.4) is 0 Å². The molecule has 0 spiro atoms. The molecule has 0 radical (unpaired) electrons. The summed E-state index contributed by atoms with van der Waals surface area (Å²) in [6.45, 7) is 0. The highest BCUT2D eigenvalue weighted by Crippen LogP contribution is 2.39. The van der Waals surface area contributed by atoms with Gasteiger partial charge < -0.3 is 13.7 Å². The van der Waals surface area contributed by atoms with Gasteiger partial charge in [-0.15, -0.1) is 10.2 Å². The first-order valence-corrected chi connectivity index (χ1v) is 8.53. The van der Waals surface area contributed by atoms with E-state index >= 15 is 0 Å². The third kappa shape index (κ3) is 2.69. The van der Waals surface area contributed by atoms with Gasteiger partial charge in [0, 0.05) is 30.8 Å². The largest absolute Gasteiger partial charge is 0.497 e. The molecule has 0 aliphatic carbocycles. The summed E-state index contributed by atoms with van der Waals surface area (Å²) in [6, 6.07) is 5.51. The lowest BCUT2D eigenvalue weighted by Gasteiger charge is -2.11. The van der Waals surface area contributed by atoms with Gasteiger partial charge in [0.1, 0.15) is 17.8 Å². The highest BCUT2D eigenvalue weighted by molar-refractivity contribution is 5.77. The van der Waals surface area contributed by atoms with Crippen molar-refractivity contribution in [3.8, 4) is 34.3 Å². The molecule has 3 aromatic heterocycles. The Morgan fingerprint density at radius 2 is 2.00 bits per heavy atom. The molecule has 0 amide bonds. The molecule has 5 rings (SSSR count). The Kier molecular flexibility index (Phi) is 3.57. The van der Waals surface area contributed by atoms with E-state index in [1.165, 1.54) is 6.33 Å². The quantitative estimate of drug-likeness (QED) is 0.451. The standard InChI is InChI=1S/C18H13F3N6O2/c1-26-7-9-5-13-15(16-23-24-17(29-16)18(19,20)21)22-8-27(13)12-4-3-10(28-2)6-11(12)14(9)25-26/h3-4,6-8H,5H2,1-2H3. The normalized spacial score (nSPS) is 12.9. The number of benzene rings is 1. The monoisotopic (exact) mass is 402 g/mol. The van der Waals surface area contributed by atoms with Crippen molar-refractivity contribution in [2.24, 2.45) is 7.05 Å². The molecule has 0 N–H and O–H groups in total. The van der Waals surface area contributed by atoms with Crippen LogP contribution in [0.15, 0.2) is 35.1 Å². The van der Waals surface area contributed by atoms with Gasteiger partial charge in [0.25, 0.3) is 5.89 Å². The third-order valence-corrected chi connectivity index (χ3v) is 4.72. The topological polar surface area (TPSA) is 83.8 Å². The number of hydrogen-bond donors (Lipinski definition) is 0. The van der Waals surface area contributed by atoms with Gasteiger partial charge in [0.2, 0.25) is 0 Å². The van der Waals surface area contributed by atoms with Crippen LogP contribution in [0.4, 0.5) is 13.2 Å². The Hall–Kier alpha value is -3.63. The van der Waals surface area contributed by atoms with E-state index in [0.717, 1.165) is 22.5 Å². The van der Waals surface area contributed by atoms with E-state index in [0.29, 0.717) is 17.9 Å². The Morgan fingerprint density at radius 3 is 2.72 bits per heavy atom. The molecule has 0 saturated carbocycles. The zero-order valence-electron chi connectivity index (χ0n) is 15.2. The molecule has 148 valence electrons. The van der Waals surface area contributed by atoms with Crippen molar-refractivity contribution in [2.45, 2.75) is 12.6 Å². The van der Waals surface area contributed by atoms with Crippen molar-refractivity contribution < 1.29 is 22.3 Å². The molecule has 1 aromatic carbocycles. The van der Waals surface area contributed by atoms with Gasteiger partial charge in [-0.1, -0.05) is 0 Å². The molecule has 29 heavy (non-hydrogen) atoms. The number of rotatable bonds is 2. The van der Waals surface area contributed by atoms with Crippen LogP contribution in [-0.2, 0) is 19.6 Å². The van der Waals surface area contributed by atoms with Crippen LogP contribution in [0.25, 0.3) is 28.5 Å². The van der Waals surface area contributed by atoms with Gasteiger partial charge in [-0.3, -0.25) is 4.68 Å². The first kappa shape index (κ1) is 17.5. The van der Waals surface area contributed by atoms with Crippen molar-refractivity contribution in [3.63, 3.8) is 0 Å². The Labute approximate surface area is 161 Å². The minimum Gasteiger partial charge on any atom is -0.497 e. The van der Waals surface area contributed by atoms with Gasteiger partial charge in [0.05, 0.1) is 24.2 Å². The van der Waals surface area contributed by atoms with E-state index in [4.69, 9.17) is 9.15 Å². The van der Waals surface area contributed by atoms with Crippen LogP contribution in [0.1, 0.15) is 17.1 Å². The van der Waals surface area contributed by atoms with E-state index in [1.54, 1.807) is 29.5 Å². The first-order valence-electron chi connectivity index (χ1n) is 8.53. The minimum absolute atomic E-state index is 0.200. The fraction of sp³-hybridized carbons (Fsp3) is 0.222. The first-order chi connectivity index (χ1) is 13.8. The van der Waals surface area contributed by atoms with Crippen LogP contribution in [0.2, 0.25) is 0 Å². The third-order valence-electron chi connectivity index (χ3n) is 4.72. The lowest BCUT2D eigenvalue weighted by molar-refractivity contribution is -0.156. The van der Waals surface area contributed by atoms with E-state index in [9.17, 15) is 13.2 Å². The Balaban J connectivity index is 1.72. The average Bonchev–Trinajstić information content (AvgIpc) is 3.38.